The lowest BCUT2D eigenvalue weighted by Crippen LogP contribution is -2.30. The van der Waals surface area contributed by atoms with Crippen molar-refractivity contribution < 1.29 is 8.42 Å². The predicted molar refractivity (Wildman–Crippen MR) is 73.1 cm³/mol. The lowest BCUT2D eigenvalue weighted by molar-refractivity contribution is 0.394. The van der Waals surface area contributed by atoms with Crippen molar-refractivity contribution in [1.29, 1.82) is 0 Å². The molecule has 2 rings (SSSR count). The standard InChI is InChI=1S/C11H21N5O2S/c1-3-16-8-10(11(12)14-16)19(17,18)13-6-9-4-5-15(2)7-9/h8-9,13H,3-7H2,1-2H3,(H2,12,14). The van der Waals surface area contributed by atoms with E-state index < -0.39 is 10.0 Å². The minimum Gasteiger partial charge on any atom is -0.381 e. The summed E-state index contributed by atoms with van der Waals surface area (Å²) in [5.74, 6) is 0.417. The van der Waals surface area contributed by atoms with Gasteiger partial charge in [-0.05, 0) is 32.9 Å². The van der Waals surface area contributed by atoms with E-state index in [2.05, 4.69) is 14.7 Å². The number of anilines is 1. The van der Waals surface area contributed by atoms with Crippen LogP contribution in [-0.2, 0) is 16.6 Å². The van der Waals surface area contributed by atoms with Crippen LogP contribution in [0.25, 0.3) is 0 Å². The van der Waals surface area contributed by atoms with Crippen LogP contribution < -0.4 is 10.5 Å². The second kappa shape index (κ2) is 5.48. The first-order chi connectivity index (χ1) is 8.92. The molecule has 1 aliphatic rings. The number of nitrogens with zero attached hydrogens (tertiary/aromatic N) is 3. The number of hydrogen-bond acceptors (Lipinski definition) is 5. The van der Waals surface area contributed by atoms with Crippen molar-refractivity contribution in [1.82, 2.24) is 19.4 Å². The van der Waals surface area contributed by atoms with Crippen molar-refractivity contribution in [2.24, 2.45) is 5.92 Å². The van der Waals surface area contributed by atoms with E-state index in [9.17, 15) is 8.42 Å². The third kappa shape index (κ3) is 3.26. The van der Waals surface area contributed by atoms with Gasteiger partial charge in [0.25, 0.3) is 0 Å². The Morgan fingerprint density at radius 2 is 2.32 bits per heavy atom. The summed E-state index contributed by atoms with van der Waals surface area (Å²) in [6.07, 6.45) is 2.49. The Hall–Kier alpha value is -1.12. The highest BCUT2D eigenvalue weighted by molar-refractivity contribution is 7.89. The summed E-state index contributed by atoms with van der Waals surface area (Å²) in [5, 5.41) is 3.95. The summed E-state index contributed by atoms with van der Waals surface area (Å²) < 4.78 is 28.5. The topological polar surface area (TPSA) is 93.2 Å². The molecule has 0 aliphatic carbocycles. The lowest BCUT2D eigenvalue weighted by Gasteiger charge is -2.11. The number of hydrogen-bond donors (Lipinski definition) is 2. The molecule has 0 bridgehead atoms. The highest BCUT2D eigenvalue weighted by Gasteiger charge is 2.24. The second-order valence-electron chi connectivity index (χ2n) is 5.00. The van der Waals surface area contributed by atoms with E-state index in [0.717, 1.165) is 19.5 Å². The third-order valence-electron chi connectivity index (χ3n) is 3.42. The van der Waals surface area contributed by atoms with Gasteiger partial charge < -0.3 is 10.6 Å². The molecule has 1 fully saturated rings. The molecule has 108 valence electrons. The van der Waals surface area contributed by atoms with E-state index in [-0.39, 0.29) is 10.7 Å². The maximum atomic E-state index is 12.2. The zero-order valence-electron chi connectivity index (χ0n) is 11.3. The Kier molecular flexibility index (Phi) is 4.12. The predicted octanol–water partition coefficient (Wildman–Crippen LogP) is -0.285. The van der Waals surface area contributed by atoms with Gasteiger partial charge in [0.1, 0.15) is 4.90 Å². The summed E-state index contributed by atoms with van der Waals surface area (Å²) in [7, 11) is -1.52. The van der Waals surface area contributed by atoms with Crippen LogP contribution in [0.15, 0.2) is 11.1 Å². The molecule has 1 saturated heterocycles. The highest BCUT2D eigenvalue weighted by Crippen LogP contribution is 2.18. The average molecular weight is 287 g/mol. The van der Waals surface area contributed by atoms with Crippen molar-refractivity contribution in [2.45, 2.75) is 24.8 Å². The normalized spacial score (nSPS) is 21.1. The van der Waals surface area contributed by atoms with Crippen molar-refractivity contribution in [2.75, 3.05) is 32.4 Å². The van der Waals surface area contributed by atoms with Gasteiger partial charge in [0.05, 0.1) is 0 Å². The molecule has 1 aromatic heterocycles. The Morgan fingerprint density at radius 3 is 2.84 bits per heavy atom. The van der Waals surface area contributed by atoms with Crippen LogP contribution in [0, 0.1) is 5.92 Å². The minimum atomic E-state index is -3.56. The molecule has 1 aliphatic heterocycles. The van der Waals surface area contributed by atoms with Gasteiger partial charge in [0.15, 0.2) is 5.82 Å². The van der Waals surface area contributed by atoms with Crippen LogP contribution in [0.2, 0.25) is 0 Å². The maximum absolute atomic E-state index is 12.2. The van der Waals surface area contributed by atoms with Gasteiger partial charge in [0.2, 0.25) is 10.0 Å². The first kappa shape index (κ1) is 14.3. The van der Waals surface area contributed by atoms with Gasteiger partial charge in [0, 0.05) is 25.8 Å². The first-order valence-corrected chi connectivity index (χ1v) is 7.92. The van der Waals surface area contributed by atoms with Gasteiger partial charge >= 0.3 is 0 Å². The summed E-state index contributed by atoms with van der Waals surface area (Å²) in [4.78, 5) is 2.27. The van der Waals surface area contributed by atoms with Gasteiger partial charge in [-0.15, -0.1) is 0 Å². The van der Waals surface area contributed by atoms with E-state index >= 15 is 0 Å². The molecule has 0 spiro atoms. The average Bonchev–Trinajstić information content (AvgIpc) is 2.93. The number of aromatic nitrogens is 2. The summed E-state index contributed by atoms with van der Waals surface area (Å²) in [5.41, 5.74) is 5.65. The van der Waals surface area contributed by atoms with Crippen molar-refractivity contribution in [3.05, 3.63) is 6.20 Å². The van der Waals surface area contributed by atoms with Crippen molar-refractivity contribution >= 4 is 15.8 Å². The number of aryl methyl sites for hydroxylation is 1. The largest absolute Gasteiger partial charge is 0.381 e. The van der Waals surface area contributed by atoms with Gasteiger partial charge in [-0.25, -0.2) is 13.1 Å². The number of rotatable bonds is 5. The molecule has 1 atom stereocenters. The Balaban J connectivity index is 2.03. The molecule has 1 aromatic rings. The monoisotopic (exact) mass is 287 g/mol. The first-order valence-electron chi connectivity index (χ1n) is 6.43. The van der Waals surface area contributed by atoms with Crippen LogP contribution in [0.5, 0.6) is 0 Å². The molecule has 3 N–H and O–H groups in total. The molecular formula is C11H21N5O2S. The molecular weight excluding hydrogens is 266 g/mol. The molecule has 8 heteroatoms. The summed E-state index contributed by atoms with van der Waals surface area (Å²) in [6.45, 7) is 4.86. The zero-order chi connectivity index (χ0) is 14.0. The fourth-order valence-electron chi connectivity index (χ4n) is 2.29. The van der Waals surface area contributed by atoms with E-state index in [1.165, 1.54) is 10.9 Å². The molecule has 0 radical (unpaired) electrons. The van der Waals surface area contributed by atoms with Crippen LogP contribution in [0.1, 0.15) is 13.3 Å². The number of nitrogen functional groups attached to an aromatic ring is 1. The number of nitrogens with two attached hydrogens (primary N) is 1. The van der Waals surface area contributed by atoms with Crippen LogP contribution in [0.4, 0.5) is 5.82 Å². The molecule has 1 unspecified atom stereocenters. The SMILES string of the molecule is CCn1cc(S(=O)(=O)NCC2CCN(C)C2)c(N)n1. The van der Waals surface area contributed by atoms with Crippen molar-refractivity contribution in [3.8, 4) is 0 Å². The molecule has 0 aromatic carbocycles. The Labute approximate surface area is 113 Å². The molecule has 0 saturated carbocycles. The van der Waals surface area contributed by atoms with Crippen LogP contribution in [-0.4, -0.2) is 49.8 Å². The Bertz CT molecular complexity index is 539. The van der Waals surface area contributed by atoms with Crippen LogP contribution in [0.3, 0.4) is 0 Å². The highest BCUT2D eigenvalue weighted by atomic mass is 32.2. The van der Waals surface area contributed by atoms with E-state index in [0.29, 0.717) is 19.0 Å². The van der Waals surface area contributed by atoms with Crippen LogP contribution >= 0.6 is 0 Å². The van der Waals surface area contributed by atoms with E-state index in [1.807, 2.05) is 14.0 Å². The summed E-state index contributed by atoms with van der Waals surface area (Å²) >= 11 is 0. The van der Waals surface area contributed by atoms with Gasteiger partial charge in [-0.1, -0.05) is 0 Å². The Morgan fingerprint density at radius 1 is 1.58 bits per heavy atom. The van der Waals surface area contributed by atoms with Gasteiger partial charge in [-0.3, -0.25) is 4.68 Å². The number of nitrogens with one attached hydrogen (secondary N) is 1. The van der Waals surface area contributed by atoms with E-state index in [4.69, 9.17) is 5.73 Å². The molecule has 2 heterocycles. The minimum absolute atomic E-state index is 0.0536. The van der Waals surface area contributed by atoms with Crippen molar-refractivity contribution in [3.63, 3.8) is 0 Å². The zero-order valence-corrected chi connectivity index (χ0v) is 12.2. The third-order valence-corrected chi connectivity index (χ3v) is 4.86. The summed E-state index contributed by atoms with van der Waals surface area (Å²) in [6, 6.07) is 0. The number of likely N-dealkylation sites (tertiary alicyclic amines) is 1. The molecule has 7 nitrogen and oxygen atoms in total. The van der Waals surface area contributed by atoms with Gasteiger partial charge in [-0.2, -0.15) is 5.10 Å². The smallest absolute Gasteiger partial charge is 0.245 e. The molecule has 0 amide bonds. The second-order valence-corrected chi connectivity index (χ2v) is 6.74. The fraction of sp³-hybridized carbons (Fsp3) is 0.727. The lowest BCUT2D eigenvalue weighted by atomic mass is 10.1. The number of sulfonamides is 1. The fourth-order valence-corrected chi connectivity index (χ4v) is 3.47. The molecule has 19 heavy (non-hydrogen) atoms. The van der Waals surface area contributed by atoms with E-state index in [1.54, 1.807) is 0 Å². The quantitative estimate of drug-likeness (QED) is 0.776. The maximum Gasteiger partial charge on any atom is 0.245 e.